The molecule has 2 N–H and O–H groups in total. The maximum Gasteiger partial charge on any atom is 0.340 e. The van der Waals surface area contributed by atoms with Crippen molar-refractivity contribution in [1.82, 2.24) is 0 Å². The van der Waals surface area contributed by atoms with Crippen LogP contribution in [0.2, 0.25) is 0 Å². The zero-order chi connectivity index (χ0) is 12.8. The van der Waals surface area contributed by atoms with Gasteiger partial charge in [0.25, 0.3) is 0 Å². The Morgan fingerprint density at radius 2 is 1.94 bits per heavy atom. The van der Waals surface area contributed by atoms with Crippen LogP contribution >= 0.6 is 0 Å². The lowest BCUT2D eigenvalue weighted by atomic mass is 10.1. The molecular weight excluding hydrogens is 228 g/mol. The van der Waals surface area contributed by atoms with Crippen LogP contribution in [0.3, 0.4) is 0 Å². The smallest absolute Gasteiger partial charge is 0.340 e. The van der Waals surface area contributed by atoms with Gasteiger partial charge in [-0.25, -0.2) is 9.59 Å². The third-order valence-electron chi connectivity index (χ3n) is 1.96. The molecule has 0 saturated heterocycles. The van der Waals surface area contributed by atoms with Crippen LogP contribution in [0.5, 0.6) is 5.75 Å². The largest absolute Gasteiger partial charge is 0.492 e. The Bertz CT molecular complexity index is 451. The summed E-state index contributed by atoms with van der Waals surface area (Å²) >= 11 is 0. The van der Waals surface area contributed by atoms with Gasteiger partial charge in [0, 0.05) is 6.42 Å². The first-order valence-electron chi connectivity index (χ1n) is 4.74. The topological polar surface area (TPSA) is 101 Å². The average Bonchev–Trinajstić information content (AvgIpc) is 2.28. The molecule has 0 aliphatic carbocycles. The molecular formula is C11H10O6. The molecule has 0 spiro atoms. The van der Waals surface area contributed by atoms with Crippen LogP contribution in [0.4, 0.5) is 0 Å². The number of hydrogen-bond acceptors (Lipinski definition) is 4. The van der Waals surface area contributed by atoms with Crippen LogP contribution in [-0.4, -0.2) is 35.0 Å². The van der Waals surface area contributed by atoms with E-state index in [9.17, 15) is 14.4 Å². The Labute approximate surface area is 96.4 Å². The van der Waals surface area contributed by atoms with E-state index in [1.165, 1.54) is 18.2 Å². The molecule has 0 aromatic heterocycles. The molecule has 0 aliphatic heterocycles. The molecule has 0 fully saturated rings. The summed E-state index contributed by atoms with van der Waals surface area (Å²) in [6.07, 6.45) is 0.734. The highest BCUT2D eigenvalue weighted by molar-refractivity contribution is 6.03. The van der Waals surface area contributed by atoms with Gasteiger partial charge in [-0.3, -0.25) is 0 Å². The van der Waals surface area contributed by atoms with Gasteiger partial charge in [-0.05, 0) is 12.1 Å². The molecule has 1 rings (SSSR count). The second-order valence-electron chi connectivity index (χ2n) is 3.09. The van der Waals surface area contributed by atoms with E-state index in [0.717, 1.165) is 0 Å². The van der Waals surface area contributed by atoms with Gasteiger partial charge in [0.2, 0.25) is 0 Å². The number of carboxylic acid groups (broad SMARTS) is 2. The molecule has 0 atom stereocenters. The normalized spacial score (nSPS) is 9.65. The molecule has 0 amide bonds. The Kier molecular flexibility index (Phi) is 4.21. The Morgan fingerprint density at radius 1 is 1.24 bits per heavy atom. The third kappa shape index (κ3) is 3.04. The van der Waals surface area contributed by atoms with Crippen molar-refractivity contribution in [1.29, 1.82) is 0 Å². The molecule has 0 aliphatic rings. The van der Waals surface area contributed by atoms with Gasteiger partial charge in [-0.2, -0.15) is 0 Å². The number of benzene rings is 1. The van der Waals surface area contributed by atoms with E-state index in [4.69, 9.17) is 14.9 Å². The zero-order valence-corrected chi connectivity index (χ0v) is 8.75. The Balaban J connectivity index is 3.11. The highest BCUT2D eigenvalue weighted by Gasteiger charge is 2.20. The van der Waals surface area contributed by atoms with E-state index in [1.54, 1.807) is 0 Å². The maximum absolute atomic E-state index is 11.0. The Hall–Kier alpha value is -2.37. The van der Waals surface area contributed by atoms with Gasteiger partial charge < -0.3 is 19.7 Å². The van der Waals surface area contributed by atoms with Gasteiger partial charge >= 0.3 is 11.9 Å². The van der Waals surface area contributed by atoms with Crippen LogP contribution in [0.25, 0.3) is 0 Å². The first-order chi connectivity index (χ1) is 8.07. The van der Waals surface area contributed by atoms with Crippen molar-refractivity contribution in [2.75, 3.05) is 6.61 Å². The molecule has 6 heteroatoms. The van der Waals surface area contributed by atoms with Gasteiger partial charge in [-0.15, -0.1) is 0 Å². The van der Waals surface area contributed by atoms with Crippen molar-refractivity contribution in [2.24, 2.45) is 0 Å². The molecule has 0 saturated carbocycles. The summed E-state index contributed by atoms with van der Waals surface area (Å²) in [5.74, 6) is -2.79. The molecule has 6 nitrogen and oxygen atoms in total. The van der Waals surface area contributed by atoms with E-state index in [0.29, 0.717) is 6.29 Å². The average molecular weight is 238 g/mol. The standard InChI is InChI=1S/C11H10O6/c12-5-2-6-17-8-4-1-3-7(10(13)14)9(8)11(15)16/h1,3-5H,2,6H2,(H,13,14)(H,15,16). The fourth-order valence-electron chi connectivity index (χ4n) is 1.27. The van der Waals surface area contributed by atoms with Crippen molar-refractivity contribution in [2.45, 2.75) is 6.42 Å². The van der Waals surface area contributed by atoms with Crippen molar-refractivity contribution in [3.05, 3.63) is 29.3 Å². The predicted octanol–water partition coefficient (Wildman–Crippen LogP) is 1.05. The molecule has 0 radical (unpaired) electrons. The van der Waals surface area contributed by atoms with E-state index in [2.05, 4.69) is 0 Å². The van der Waals surface area contributed by atoms with Gasteiger partial charge in [0.15, 0.2) is 0 Å². The highest BCUT2D eigenvalue weighted by Crippen LogP contribution is 2.22. The second kappa shape index (κ2) is 5.64. The van der Waals surface area contributed by atoms with Crippen LogP contribution in [0.1, 0.15) is 27.1 Å². The molecule has 1 aromatic rings. The van der Waals surface area contributed by atoms with E-state index in [1.807, 2.05) is 0 Å². The fourth-order valence-corrected chi connectivity index (χ4v) is 1.27. The molecule has 0 unspecified atom stereocenters. The van der Waals surface area contributed by atoms with E-state index >= 15 is 0 Å². The van der Waals surface area contributed by atoms with Crippen LogP contribution < -0.4 is 4.74 Å². The first kappa shape index (κ1) is 12.7. The number of rotatable bonds is 6. The van der Waals surface area contributed by atoms with Gasteiger partial charge in [-0.1, -0.05) is 6.07 Å². The van der Waals surface area contributed by atoms with Crippen molar-refractivity contribution in [3.63, 3.8) is 0 Å². The molecule has 17 heavy (non-hydrogen) atoms. The SMILES string of the molecule is O=CCCOc1cccc(C(=O)O)c1C(=O)O. The van der Waals surface area contributed by atoms with Crippen LogP contribution in [0.15, 0.2) is 18.2 Å². The summed E-state index contributed by atoms with van der Waals surface area (Å²) in [4.78, 5) is 31.9. The number of aromatic carboxylic acids is 2. The number of ether oxygens (including phenoxy) is 1. The summed E-state index contributed by atoms with van der Waals surface area (Å²) in [6, 6.07) is 3.91. The number of carbonyl (C=O) groups is 3. The molecule has 0 heterocycles. The van der Waals surface area contributed by atoms with Crippen molar-refractivity contribution in [3.8, 4) is 5.75 Å². The van der Waals surface area contributed by atoms with Crippen molar-refractivity contribution < 1.29 is 29.3 Å². The third-order valence-corrected chi connectivity index (χ3v) is 1.96. The second-order valence-corrected chi connectivity index (χ2v) is 3.09. The lowest BCUT2D eigenvalue weighted by molar-refractivity contribution is -0.108. The number of aldehydes is 1. The van der Waals surface area contributed by atoms with Crippen molar-refractivity contribution >= 4 is 18.2 Å². The first-order valence-corrected chi connectivity index (χ1v) is 4.74. The molecule has 0 bridgehead atoms. The number of carboxylic acids is 2. The monoisotopic (exact) mass is 238 g/mol. The fraction of sp³-hybridized carbons (Fsp3) is 0.182. The van der Waals surface area contributed by atoms with Gasteiger partial charge in [0.05, 0.1) is 12.2 Å². The Morgan fingerprint density at radius 3 is 2.47 bits per heavy atom. The summed E-state index contributed by atoms with van der Waals surface area (Å²) in [6.45, 7) is 0.00680. The summed E-state index contributed by atoms with van der Waals surface area (Å²) in [5, 5.41) is 17.8. The number of carbonyl (C=O) groups excluding carboxylic acids is 1. The summed E-state index contributed by atoms with van der Waals surface area (Å²) < 4.78 is 5.05. The van der Waals surface area contributed by atoms with Gasteiger partial charge in [0.1, 0.15) is 17.6 Å². The molecule has 90 valence electrons. The summed E-state index contributed by atoms with van der Waals surface area (Å²) in [5.41, 5.74) is -0.757. The van der Waals surface area contributed by atoms with E-state index < -0.39 is 17.5 Å². The minimum Gasteiger partial charge on any atom is -0.492 e. The van der Waals surface area contributed by atoms with E-state index in [-0.39, 0.29) is 24.3 Å². The number of hydrogen-bond donors (Lipinski definition) is 2. The minimum absolute atomic E-state index is 0.00680. The predicted molar refractivity (Wildman–Crippen MR) is 56.5 cm³/mol. The van der Waals surface area contributed by atoms with Crippen LogP contribution in [0, 0.1) is 0 Å². The maximum atomic E-state index is 11.0. The van der Waals surface area contributed by atoms with Crippen LogP contribution in [-0.2, 0) is 4.79 Å². The molecule has 1 aromatic carbocycles. The highest BCUT2D eigenvalue weighted by atomic mass is 16.5. The zero-order valence-electron chi connectivity index (χ0n) is 8.75. The lowest BCUT2D eigenvalue weighted by Crippen LogP contribution is -2.11. The lowest BCUT2D eigenvalue weighted by Gasteiger charge is -2.09. The minimum atomic E-state index is -1.39. The quantitative estimate of drug-likeness (QED) is 0.567. The summed E-state index contributed by atoms with van der Waals surface area (Å²) in [7, 11) is 0.